The molecule has 3 aromatic rings. The molecular formula is C20H14N4O4. The zero-order valence-electron chi connectivity index (χ0n) is 14.8. The standard InChI is InChI=1S/C20H14N4O4/c1-11-18(13-7-16-17(28-10-27-16)8-15(13)24(25)26)14(9-21)20(22)23-19(11)12-5-3-2-4-6-12/h2-8H,10H2,1H3,(H2,22,23). The van der Waals surface area contributed by atoms with Gasteiger partial charge in [-0.05, 0) is 18.6 Å². The average molecular weight is 374 g/mol. The Kier molecular flexibility index (Phi) is 4.05. The summed E-state index contributed by atoms with van der Waals surface area (Å²) in [5, 5.41) is 21.4. The van der Waals surface area contributed by atoms with Gasteiger partial charge < -0.3 is 15.2 Å². The first kappa shape index (κ1) is 17.3. The Morgan fingerprint density at radius 2 is 1.89 bits per heavy atom. The van der Waals surface area contributed by atoms with Gasteiger partial charge in [0.1, 0.15) is 17.5 Å². The van der Waals surface area contributed by atoms with E-state index < -0.39 is 4.92 Å². The van der Waals surface area contributed by atoms with E-state index in [1.165, 1.54) is 12.1 Å². The third-order valence-electron chi connectivity index (χ3n) is 4.58. The number of benzene rings is 2. The molecule has 0 spiro atoms. The van der Waals surface area contributed by atoms with Gasteiger partial charge in [0, 0.05) is 11.1 Å². The molecule has 0 radical (unpaired) electrons. The highest BCUT2D eigenvalue weighted by Gasteiger charge is 2.28. The molecule has 0 bridgehead atoms. The molecule has 1 aliphatic heterocycles. The van der Waals surface area contributed by atoms with E-state index in [9.17, 15) is 15.4 Å². The van der Waals surface area contributed by atoms with Gasteiger partial charge in [-0.25, -0.2) is 4.98 Å². The molecule has 0 atom stereocenters. The fourth-order valence-corrected chi connectivity index (χ4v) is 3.30. The smallest absolute Gasteiger partial charge is 0.281 e. The first-order chi connectivity index (χ1) is 13.5. The van der Waals surface area contributed by atoms with Crippen LogP contribution in [0.25, 0.3) is 22.4 Å². The maximum absolute atomic E-state index is 11.7. The van der Waals surface area contributed by atoms with Crippen molar-refractivity contribution in [2.24, 2.45) is 0 Å². The lowest BCUT2D eigenvalue weighted by Crippen LogP contribution is -2.04. The number of fused-ring (bicyclic) bond motifs is 1. The summed E-state index contributed by atoms with van der Waals surface area (Å²) in [7, 11) is 0. The molecule has 0 saturated carbocycles. The van der Waals surface area contributed by atoms with Gasteiger partial charge in [0.05, 0.1) is 22.2 Å². The predicted octanol–water partition coefficient (Wildman–Crippen LogP) is 3.81. The highest BCUT2D eigenvalue weighted by Crippen LogP contribution is 2.45. The summed E-state index contributed by atoms with van der Waals surface area (Å²) in [6.07, 6.45) is 0. The molecule has 138 valence electrons. The van der Waals surface area contributed by atoms with Gasteiger partial charge in [0.15, 0.2) is 11.5 Å². The number of nitrogens with two attached hydrogens (primary N) is 1. The maximum Gasteiger partial charge on any atom is 0.281 e. The number of ether oxygens (including phenoxy) is 2. The van der Waals surface area contributed by atoms with Crippen LogP contribution < -0.4 is 15.2 Å². The van der Waals surface area contributed by atoms with Crippen LogP contribution in [-0.2, 0) is 0 Å². The molecule has 4 rings (SSSR count). The minimum absolute atomic E-state index is 0.00826. The van der Waals surface area contributed by atoms with Gasteiger partial charge in [0.2, 0.25) is 6.79 Å². The number of hydrogen-bond donors (Lipinski definition) is 1. The Hall–Kier alpha value is -4.12. The monoisotopic (exact) mass is 374 g/mol. The largest absolute Gasteiger partial charge is 0.454 e. The van der Waals surface area contributed by atoms with Crippen molar-refractivity contribution < 1.29 is 14.4 Å². The third-order valence-corrected chi connectivity index (χ3v) is 4.58. The summed E-state index contributed by atoms with van der Waals surface area (Å²) in [5.74, 6) is 0.673. The molecule has 2 aromatic carbocycles. The quantitative estimate of drug-likeness (QED) is 0.546. The molecule has 28 heavy (non-hydrogen) atoms. The minimum atomic E-state index is -0.517. The van der Waals surface area contributed by atoms with Crippen LogP contribution in [0.1, 0.15) is 11.1 Å². The Morgan fingerprint density at radius 1 is 1.21 bits per heavy atom. The lowest BCUT2D eigenvalue weighted by Gasteiger charge is -2.15. The number of nitrogen functional groups attached to an aromatic ring is 1. The fourth-order valence-electron chi connectivity index (χ4n) is 3.30. The first-order valence-corrected chi connectivity index (χ1v) is 8.35. The highest BCUT2D eigenvalue weighted by molar-refractivity contribution is 5.89. The highest BCUT2D eigenvalue weighted by atomic mass is 16.7. The predicted molar refractivity (Wildman–Crippen MR) is 102 cm³/mol. The van der Waals surface area contributed by atoms with E-state index in [0.717, 1.165) is 5.56 Å². The van der Waals surface area contributed by atoms with Crippen LogP contribution in [0.3, 0.4) is 0 Å². The molecule has 2 N–H and O–H groups in total. The zero-order valence-corrected chi connectivity index (χ0v) is 14.8. The number of aromatic nitrogens is 1. The van der Waals surface area contributed by atoms with Crippen molar-refractivity contribution in [2.45, 2.75) is 6.92 Å². The van der Waals surface area contributed by atoms with Crippen molar-refractivity contribution in [1.82, 2.24) is 4.98 Å². The SMILES string of the molecule is Cc1c(-c2ccccc2)nc(N)c(C#N)c1-c1cc2c(cc1[N+](=O)[O-])OCO2. The zero-order chi connectivity index (χ0) is 19.8. The van der Waals surface area contributed by atoms with Crippen LogP contribution >= 0.6 is 0 Å². The Bertz CT molecular complexity index is 1150. The van der Waals surface area contributed by atoms with E-state index in [-0.39, 0.29) is 35.2 Å². The van der Waals surface area contributed by atoms with E-state index >= 15 is 0 Å². The topological polar surface area (TPSA) is 124 Å². The van der Waals surface area contributed by atoms with Crippen LogP contribution in [0.15, 0.2) is 42.5 Å². The van der Waals surface area contributed by atoms with Crippen LogP contribution in [0.5, 0.6) is 11.5 Å². The van der Waals surface area contributed by atoms with Crippen molar-refractivity contribution in [2.75, 3.05) is 12.5 Å². The van der Waals surface area contributed by atoms with E-state index in [2.05, 4.69) is 4.98 Å². The van der Waals surface area contributed by atoms with Gasteiger partial charge in [-0.3, -0.25) is 10.1 Å². The van der Waals surface area contributed by atoms with Crippen LogP contribution in [0.4, 0.5) is 11.5 Å². The second kappa shape index (κ2) is 6.55. The molecule has 1 aliphatic rings. The molecule has 2 heterocycles. The van der Waals surface area contributed by atoms with Crippen molar-refractivity contribution in [3.8, 4) is 40.0 Å². The average Bonchev–Trinajstić information content (AvgIpc) is 3.16. The Balaban J connectivity index is 2.07. The van der Waals surface area contributed by atoms with E-state index in [4.69, 9.17) is 15.2 Å². The molecule has 8 heteroatoms. The number of nitriles is 1. The summed E-state index contributed by atoms with van der Waals surface area (Å²) < 4.78 is 10.6. The van der Waals surface area contributed by atoms with Crippen molar-refractivity contribution in [3.63, 3.8) is 0 Å². The van der Waals surface area contributed by atoms with Crippen LogP contribution in [0.2, 0.25) is 0 Å². The second-order valence-corrected chi connectivity index (χ2v) is 6.18. The minimum Gasteiger partial charge on any atom is -0.454 e. The first-order valence-electron chi connectivity index (χ1n) is 8.35. The van der Waals surface area contributed by atoms with Gasteiger partial charge in [-0.15, -0.1) is 0 Å². The summed E-state index contributed by atoms with van der Waals surface area (Å²) in [4.78, 5) is 15.6. The molecule has 0 fully saturated rings. The fraction of sp³-hybridized carbons (Fsp3) is 0.100. The summed E-state index contributed by atoms with van der Waals surface area (Å²) in [5.41, 5.74) is 8.49. The van der Waals surface area contributed by atoms with E-state index in [0.29, 0.717) is 22.6 Å². The Morgan fingerprint density at radius 3 is 2.54 bits per heavy atom. The lowest BCUT2D eigenvalue weighted by atomic mass is 9.91. The number of hydrogen-bond acceptors (Lipinski definition) is 7. The molecular weight excluding hydrogens is 360 g/mol. The van der Waals surface area contributed by atoms with Gasteiger partial charge >= 0.3 is 0 Å². The van der Waals surface area contributed by atoms with Gasteiger partial charge in [-0.2, -0.15) is 5.26 Å². The molecule has 1 aromatic heterocycles. The molecule has 0 saturated heterocycles. The summed E-state index contributed by atoms with van der Waals surface area (Å²) in [6.45, 7) is 1.74. The lowest BCUT2D eigenvalue weighted by molar-refractivity contribution is -0.384. The summed E-state index contributed by atoms with van der Waals surface area (Å²) >= 11 is 0. The number of rotatable bonds is 3. The molecule has 0 unspecified atom stereocenters. The normalized spacial score (nSPS) is 11.9. The number of anilines is 1. The Labute approximate surface area is 159 Å². The number of nitro benzene ring substituents is 1. The molecule has 0 amide bonds. The van der Waals surface area contributed by atoms with Crippen molar-refractivity contribution in [1.29, 1.82) is 5.26 Å². The van der Waals surface area contributed by atoms with Gasteiger partial charge in [0.25, 0.3) is 5.69 Å². The second-order valence-electron chi connectivity index (χ2n) is 6.18. The van der Waals surface area contributed by atoms with Crippen molar-refractivity contribution >= 4 is 11.5 Å². The van der Waals surface area contributed by atoms with Crippen molar-refractivity contribution in [3.05, 3.63) is 63.7 Å². The van der Waals surface area contributed by atoms with Crippen LogP contribution in [-0.4, -0.2) is 16.7 Å². The molecule has 0 aliphatic carbocycles. The third kappa shape index (κ3) is 2.66. The summed E-state index contributed by atoms with van der Waals surface area (Å²) in [6, 6.07) is 14.1. The number of nitro groups is 1. The molecule has 8 nitrogen and oxygen atoms in total. The maximum atomic E-state index is 11.7. The number of nitrogens with zero attached hydrogens (tertiary/aromatic N) is 3. The van der Waals surface area contributed by atoms with Crippen LogP contribution in [0, 0.1) is 28.4 Å². The number of pyridine rings is 1. The van der Waals surface area contributed by atoms with Gasteiger partial charge in [-0.1, -0.05) is 30.3 Å². The van der Waals surface area contributed by atoms with E-state index in [1.54, 1.807) is 6.92 Å². The van der Waals surface area contributed by atoms with E-state index in [1.807, 2.05) is 36.4 Å².